The summed E-state index contributed by atoms with van der Waals surface area (Å²) in [4.78, 5) is 40.9. The summed E-state index contributed by atoms with van der Waals surface area (Å²) < 4.78 is 20.9. The van der Waals surface area contributed by atoms with Gasteiger partial charge >= 0.3 is 11.7 Å². The highest BCUT2D eigenvalue weighted by Crippen LogP contribution is 2.43. The molecule has 2 fully saturated rings. The van der Waals surface area contributed by atoms with Gasteiger partial charge in [-0.15, -0.1) is 0 Å². The fourth-order valence-electron chi connectivity index (χ4n) is 6.14. The topological polar surface area (TPSA) is 109 Å². The molecule has 1 aliphatic heterocycles. The van der Waals surface area contributed by atoms with Crippen LogP contribution < -0.4 is 16.0 Å². The number of para-hydroxylation sites is 1. The van der Waals surface area contributed by atoms with E-state index in [0.717, 1.165) is 10.1 Å². The van der Waals surface area contributed by atoms with Gasteiger partial charge in [0.15, 0.2) is 0 Å². The Morgan fingerprint density at radius 1 is 1.23 bits per heavy atom. The van der Waals surface area contributed by atoms with Crippen LogP contribution in [0.5, 0.6) is 5.75 Å². The van der Waals surface area contributed by atoms with Crippen LogP contribution in [0.3, 0.4) is 0 Å². The van der Waals surface area contributed by atoms with E-state index in [1.54, 1.807) is 14.0 Å². The van der Waals surface area contributed by atoms with Crippen molar-refractivity contribution in [2.45, 2.75) is 69.7 Å². The fraction of sp³-hybridized carbons (Fsp3) is 0.483. The Balaban J connectivity index is 1.73. The van der Waals surface area contributed by atoms with Crippen molar-refractivity contribution >= 4 is 33.0 Å². The molecule has 39 heavy (non-hydrogen) atoms. The monoisotopic (exact) mass is 600 g/mol. The SMILES string of the molecule is C=C1C(Br)=C(C)c2c1n(C[C@H](OC1CCOCC1)c1ccccc1OC)c(=O)n(C1(C(=O)O)CCCC1)c2=O. The summed E-state index contributed by atoms with van der Waals surface area (Å²) in [5.74, 6) is -0.553. The highest BCUT2D eigenvalue weighted by atomic mass is 79.9. The quantitative estimate of drug-likeness (QED) is 0.476. The molecule has 3 aliphatic rings. The molecular formula is C29H33BrN2O7. The van der Waals surface area contributed by atoms with E-state index >= 15 is 0 Å². The molecule has 2 heterocycles. The zero-order valence-electron chi connectivity index (χ0n) is 22.2. The number of hydrogen-bond donors (Lipinski definition) is 1. The van der Waals surface area contributed by atoms with Crippen LogP contribution in [0.2, 0.25) is 0 Å². The number of aromatic nitrogens is 2. The number of hydrogen-bond acceptors (Lipinski definition) is 6. The first-order valence-electron chi connectivity index (χ1n) is 13.3. The molecule has 0 radical (unpaired) electrons. The first kappa shape index (κ1) is 27.6. The summed E-state index contributed by atoms with van der Waals surface area (Å²) in [6, 6.07) is 7.48. The molecule has 208 valence electrons. The summed E-state index contributed by atoms with van der Waals surface area (Å²) in [6.07, 6.45) is 2.38. The van der Waals surface area contributed by atoms with Crippen molar-refractivity contribution in [3.8, 4) is 5.75 Å². The average molecular weight is 601 g/mol. The number of aliphatic carboxylic acids is 1. The number of allylic oxidation sites excluding steroid dienone is 3. The lowest BCUT2D eigenvalue weighted by Gasteiger charge is -2.31. The molecule has 9 nitrogen and oxygen atoms in total. The van der Waals surface area contributed by atoms with Crippen molar-refractivity contribution in [1.29, 1.82) is 0 Å². The van der Waals surface area contributed by atoms with Crippen molar-refractivity contribution in [2.24, 2.45) is 0 Å². The van der Waals surface area contributed by atoms with E-state index < -0.39 is 28.9 Å². The average Bonchev–Trinajstić information content (AvgIpc) is 3.51. The van der Waals surface area contributed by atoms with Gasteiger partial charge in [0, 0.05) is 28.8 Å². The molecule has 2 aliphatic carbocycles. The van der Waals surface area contributed by atoms with Gasteiger partial charge < -0.3 is 19.3 Å². The van der Waals surface area contributed by atoms with Gasteiger partial charge in [0.25, 0.3) is 5.56 Å². The predicted molar refractivity (Wildman–Crippen MR) is 150 cm³/mol. The van der Waals surface area contributed by atoms with E-state index in [1.165, 1.54) is 4.57 Å². The Labute approximate surface area is 234 Å². The molecule has 5 rings (SSSR count). The molecule has 0 amide bonds. The van der Waals surface area contributed by atoms with Crippen molar-refractivity contribution in [2.75, 3.05) is 20.3 Å². The number of carboxylic acids is 1. The predicted octanol–water partition coefficient (Wildman–Crippen LogP) is 4.46. The fourth-order valence-corrected chi connectivity index (χ4v) is 6.53. The Hall–Kier alpha value is -2.95. The van der Waals surface area contributed by atoms with Gasteiger partial charge in [0.05, 0.1) is 31.0 Å². The Bertz CT molecular complexity index is 1460. The summed E-state index contributed by atoms with van der Waals surface area (Å²) in [5, 5.41) is 10.3. The van der Waals surface area contributed by atoms with E-state index in [2.05, 4.69) is 22.5 Å². The van der Waals surface area contributed by atoms with Crippen molar-refractivity contribution in [3.05, 3.63) is 73.0 Å². The summed E-state index contributed by atoms with van der Waals surface area (Å²) in [5.41, 5.74) is -0.292. The van der Waals surface area contributed by atoms with Crippen molar-refractivity contribution in [1.82, 2.24) is 9.13 Å². The molecule has 0 bridgehead atoms. The third kappa shape index (κ3) is 4.62. The number of carboxylic acid groups (broad SMARTS) is 1. The van der Waals surface area contributed by atoms with Gasteiger partial charge in [-0.25, -0.2) is 14.2 Å². The van der Waals surface area contributed by atoms with Gasteiger partial charge in [-0.3, -0.25) is 9.36 Å². The highest BCUT2D eigenvalue weighted by Gasteiger charge is 2.47. The summed E-state index contributed by atoms with van der Waals surface area (Å²) in [7, 11) is 1.58. The van der Waals surface area contributed by atoms with Crippen LogP contribution in [-0.4, -0.2) is 46.6 Å². The van der Waals surface area contributed by atoms with Gasteiger partial charge in [-0.05, 0) is 60.2 Å². The normalized spacial score (nSPS) is 19.8. The molecule has 1 aromatic carbocycles. The number of halogens is 1. The van der Waals surface area contributed by atoms with E-state index in [4.69, 9.17) is 14.2 Å². The minimum Gasteiger partial charge on any atom is -0.496 e. The maximum atomic E-state index is 14.3. The third-order valence-corrected chi connectivity index (χ3v) is 9.29. The smallest absolute Gasteiger partial charge is 0.332 e. The lowest BCUT2D eigenvalue weighted by Crippen LogP contribution is -2.55. The maximum Gasteiger partial charge on any atom is 0.332 e. The molecule has 1 N–H and O–H groups in total. The number of rotatable bonds is 8. The van der Waals surface area contributed by atoms with Crippen LogP contribution in [0, 0.1) is 0 Å². The number of carbonyl (C=O) groups is 1. The number of methoxy groups -OCH3 is 1. The lowest BCUT2D eigenvalue weighted by atomic mass is 9.96. The van der Waals surface area contributed by atoms with Gasteiger partial charge in [-0.1, -0.05) is 37.6 Å². The molecule has 1 saturated carbocycles. The Morgan fingerprint density at radius 2 is 1.90 bits per heavy atom. The van der Waals surface area contributed by atoms with Crippen LogP contribution in [0.1, 0.15) is 68.4 Å². The van der Waals surface area contributed by atoms with Gasteiger partial charge in [0.1, 0.15) is 17.4 Å². The number of nitrogens with zero attached hydrogens (tertiary/aromatic N) is 2. The zero-order chi connectivity index (χ0) is 27.9. The van der Waals surface area contributed by atoms with Gasteiger partial charge in [-0.2, -0.15) is 0 Å². The van der Waals surface area contributed by atoms with E-state index in [1.807, 2.05) is 24.3 Å². The minimum atomic E-state index is -1.59. The second-order valence-corrected chi connectivity index (χ2v) is 11.2. The molecule has 1 aromatic heterocycles. The highest BCUT2D eigenvalue weighted by molar-refractivity contribution is 9.12. The number of benzene rings is 1. The second-order valence-electron chi connectivity index (χ2n) is 10.4. The van der Waals surface area contributed by atoms with Gasteiger partial charge in [0.2, 0.25) is 0 Å². The molecule has 1 saturated heterocycles. The van der Waals surface area contributed by atoms with Crippen molar-refractivity contribution < 1.29 is 24.1 Å². The largest absolute Gasteiger partial charge is 0.496 e. The molecule has 0 unspecified atom stereocenters. The molecule has 2 aromatic rings. The molecule has 0 spiro atoms. The van der Waals surface area contributed by atoms with E-state index in [-0.39, 0.29) is 25.5 Å². The molecule has 10 heteroatoms. The van der Waals surface area contributed by atoms with Crippen LogP contribution in [-0.2, 0) is 26.4 Å². The maximum absolute atomic E-state index is 14.3. The summed E-state index contributed by atoms with van der Waals surface area (Å²) >= 11 is 3.54. The van der Waals surface area contributed by atoms with Crippen LogP contribution in [0.25, 0.3) is 11.1 Å². The van der Waals surface area contributed by atoms with Crippen molar-refractivity contribution in [3.63, 3.8) is 0 Å². The third-order valence-electron chi connectivity index (χ3n) is 8.22. The standard InChI is InChI=1S/C29H33BrN2O7/c1-17-23-25(18(2)24(17)30)31(28(36)32(26(23)33)29(27(34)35)12-6-7-13-29)16-22(39-19-10-14-38-15-11-19)20-8-4-5-9-21(20)37-3/h4-5,8-9,19,22H,2,6-7,10-16H2,1,3H3,(H,34,35)/t22-/m0/s1. The first-order valence-corrected chi connectivity index (χ1v) is 14.1. The zero-order valence-corrected chi connectivity index (χ0v) is 23.8. The van der Waals surface area contributed by atoms with E-state index in [0.29, 0.717) is 71.5 Å². The van der Waals surface area contributed by atoms with Crippen LogP contribution >= 0.6 is 15.9 Å². The number of ether oxygens (including phenoxy) is 3. The van der Waals surface area contributed by atoms with Crippen LogP contribution in [0.4, 0.5) is 0 Å². The first-order chi connectivity index (χ1) is 18.7. The molecular weight excluding hydrogens is 568 g/mol. The Morgan fingerprint density at radius 3 is 2.54 bits per heavy atom. The second kappa shape index (κ2) is 10.9. The lowest BCUT2D eigenvalue weighted by molar-refractivity contribution is -0.147. The van der Waals surface area contributed by atoms with Crippen LogP contribution in [0.15, 0.2) is 44.9 Å². The number of fused-ring (bicyclic) bond motifs is 1. The Kier molecular flexibility index (Phi) is 7.72. The molecule has 1 atom stereocenters. The summed E-state index contributed by atoms with van der Waals surface area (Å²) in [6.45, 7) is 7.15. The minimum absolute atomic E-state index is 0.0431. The van der Waals surface area contributed by atoms with E-state index in [9.17, 15) is 19.5 Å².